The number of hydrogen-bond donors (Lipinski definition) is 1. The molecule has 0 amide bonds. The first kappa shape index (κ1) is 20.9. The Morgan fingerprint density at radius 3 is 2.21 bits per heavy atom. The number of benzene rings is 1. The Morgan fingerprint density at radius 2 is 1.59 bits per heavy atom. The highest BCUT2D eigenvalue weighted by molar-refractivity contribution is 6.66. The highest BCUT2D eigenvalue weighted by atomic mass is 35.6. The molecule has 0 atom stereocenters. The van der Waals surface area contributed by atoms with E-state index in [9.17, 15) is 0 Å². The second-order valence-electron chi connectivity index (χ2n) is 7.77. The van der Waals surface area contributed by atoms with Gasteiger partial charge in [-0.3, -0.25) is 0 Å². The number of alkyl halides is 3. The van der Waals surface area contributed by atoms with Crippen LogP contribution in [-0.4, -0.2) is 59.1 Å². The molecule has 2 saturated heterocycles. The Hall–Kier alpha value is -1.34. The van der Waals surface area contributed by atoms with Crippen LogP contribution in [0, 0.1) is 0 Å². The van der Waals surface area contributed by atoms with Gasteiger partial charge in [0.25, 0.3) is 0 Å². The van der Waals surface area contributed by atoms with Gasteiger partial charge >= 0.3 is 0 Å². The van der Waals surface area contributed by atoms with Crippen LogP contribution in [0.1, 0.15) is 31.5 Å². The summed E-state index contributed by atoms with van der Waals surface area (Å²) in [6.45, 7) is 4.27. The Balaban J connectivity index is 1.59. The molecule has 0 spiro atoms. The highest BCUT2D eigenvalue weighted by Gasteiger charge is 2.29. The van der Waals surface area contributed by atoms with Crippen LogP contribution in [-0.2, 0) is 3.79 Å². The fourth-order valence-electron chi connectivity index (χ4n) is 3.83. The van der Waals surface area contributed by atoms with Gasteiger partial charge in [-0.1, -0.05) is 34.8 Å². The van der Waals surface area contributed by atoms with Gasteiger partial charge < -0.3 is 15.1 Å². The lowest BCUT2D eigenvalue weighted by Gasteiger charge is -2.29. The van der Waals surface area contributed by atoms with Gasteiger partial charge in [-0.05, 0) is 70.1 Å². The molecule has 2 fully saturated rings. The third-order valence-electron chi connectivity index (χ3n) is 5.54. The smallest absolute Gasteiger partial charge is 0.250 e. The van der Waals surface area contributed by atoms with Crippen molar-refractivity contribution < 1.29 is 0 Å². The Kier molecular flexibility index (Phi) is 6.35. The average Bonchev–Trinajstić information content (AvgIpc) is 3.24. The van der Waals surface area contributed by atoms with E-state index in [0.717, 1.165) is 44.6 Å². The quantitative estimate of drug-likeness (QED) is 0.686. The van der Waals surface area contributed by atoms with Crippen LogP contribution in [0.3, 0.4) is 0 Å². The number of piperidine rings is 1. The second kappa shape index (κ2) is 8.80. The average molecular weight is 456 g/mol. The van der Waals surface area contributed by atoms with Crippen LogP contribution >= 0.6 is 34.8 Å². The minimum atomic E-state index is -1.71. The summed E-state index contributed by atoms with van der Waals surface area (Å²) in [5.41, 5.74) is 2.09. The summed E-state index contributed by atoms with van der Waals surface area (Å²) in [4.78, 5) is 18.1. The molecule has 0 bridgehead atoms. The van der Waals surface area contributed by atoms with Crippen molar-refractivity contribution in [1.29, 1.82) is 0 Å². The van der Waals surface area contributed by atoms with Crippen molar-refractivity contribution in [1.82, 2.24) is 19.9 Å². The number of rotatable bonds is 4. The first-order valence-corrected chi connectivity index (χ1v) is 11.2. The summed E-state index contributed by atoms with van der Waals surface area (Å²) >= 11 is 18.3. The number of likely N-dealkylation sites (tertiary alicyclic amines) is 1. The minimum Gasteiger partial charge on any atom is -0.372 e. The predicted octanol–water partition coefficient (Wildman–Crippen LogP) is 4.47. The van der Waals surface area contributed by atoms with Crippen molar-refractivity contribution in [3.63, 3.8) is 0 Å². The zero-order valence-electron chi connectivity index (χ0n) is 16.4. The van der Waals surface area contributed by atoms with Crippen LogP contribution < -0.4 is 10.2 Å². The highest BCUT2D eigenvalue weighted by Crippen LogP contribution is 2.37. The fourth-order valence-corrected chi connectivity index (χ4v) is 4.08. The van der Waals surface area contributed by atoms with Crippen LogP contribution in [0.4, 0.5) is 11.6 Å². The zero-order valence-corrected chi connectivity index (χ0v) is 18.7. The summed E-state index contributed by atoms with van der Waals surface area (Å²) in [7, 11) is 2.13. The molecule has 0 unspecified atom stereocenters. The zero-order chi connectivity index (χ0) is 20.4. The lowest BCUT2D eigenvalue weighted by Crippen LogP contribution is -2.37. The lowest BCUT2D eigenvalue weighted by molar-refractivity contribution is 0.263. The number of aromatic nitrogens is 3. The van der Waals surface area contributed by atoms with E-state index in [2.05, 4.69) is 49.2 Å². The topological polar surface area (TPSA) is 57.2 Å². The molecular weight excluding hydrogens is 431 g/mol. The van der Waals surface area contributed by atoms with Crippen molar-refractivity contribution in [2.24, 2.45) is 0 Å². The third kappa shape index (κ3) is 5.23. The third-order valence-corrected chi connectivity index (χ3v) is 6.04. The van der Waals surface area contributed by atoms with E-state index in [4.69, 9.17) is 34.8 Å². The van der Waals surface area contributed by atoms with Crippen LogP contribution in [0.5, 0.6) is 0 Å². The normalized spacial score (nSPS) is 19.0. The molecule has 1 aromatic carbocycles. The van der Waals surface area contributed by atoms with Crippen LogP contribution in [0.2, 0.25) is 0 Å². The molecule has 29 heavy (non-hydrogen) atoms. The molecule has 4 rings (SSSR count). The monoisotopic (exact) mass is 454 g/mol. The van der Waals surface area contributed by atoms with Crippen molar-refractivity contribution in [2.45, 2.75) is 35.5 Å². The molecule has 6 nitrogen and oxygen atoms in total. The molecule has 0 saturated carbocycles. The molecule has 2 aliphatic heterocycles. The van der Waals surface area contributed by atoms with E-state index < -0.39 is 3.79 Å². The van der Waals surface area contributed by atoms with E-state index in [0.29, 0.717) is 17.8 Å². The lowest BCUT2D eigenvalue weighted by atomic mass is 10.1. The van der Waals surface area contributed by atoms with Gasteiger partial charge in [0, 0.05) is 30.4 Å². The van der Waals surface area contributed by atoms with E-state index in [1.807, 2.05) is 12.1 Å². The van der Waals surface area contributed by atoms with Gasteiger partial charge in [-0.15, -0.1) is 0 Å². The van der Waals surface area contributed by atoms with Gasteiger partial charge in [0.15, 0.2) is 11.6 Å². The van der Waals surface area contributed by atoms with Gasteiger partial charge in [-0.2, -0.15) is 9.97 Å². The van der Waals surface area contributed by atoms with Gasteiger partial charge in [0.2, 0.25) is 9.74 Å². The molecule has 0 aliphatic carbocycles. The summed E-state index contributed by atoms with van der Waals surface area (Å²) in [6, 6.07) is 8.53. The first-order valence-electron chi connectivity index (χ1n) is 10.0. The Bertz CT molecular complexity index is 825. The fraction of sp³-hybridized carbons (Fsp3) is 0.550. The molecule has 3 heterocycles. The van der Waals surface area contributed by atoms with Crippen molar-refractivity contribution >= 4 is 46.4 Å². The van der Waals surface area contributed by atoms with E-state index in [1.165, 1.54) is 18.5 Å². The summed E-state index contributed by atoms with van der Waals surface area (Å²) < 4.78 is -1.71. The molecule has 1 aromatic heterocycles. The maximum absolute atomic E-state index is 6.10. The standard InChI is InChI=1S/C20H25Cl3N6/c1-28-12-8-15(9-13-28)24-19-26-17(25-18(27-19)20(21,22)23)14-4-6-16(7-5-14)29-10-2-3-11-29/h4-7,15H,2-3,8-13H2,1H3,(H,24,25,26,27). The number of nitrogens with zero attached hydrogens (tertiary/aromatic N) is 5. The maximum Gasteiger partial charge on any atom is 0.250 e. The number of nitrogens with one attached hydrogen (secondary N) is 1. The van der Waals surface area contributed by atoms with Gasteiger partial charge in [0.1, 0.15) is 0 Å². The molecule has 9 heteroatoms. The Labute approximate surface area is 186 Å². The van der Waals surface area contributed by atoms with Crippen LogP contribution in [0.25, 0.3) is 11.4 Å². The van der Waals surface area contributed by atoms with E-state index >= 15 is 0 Å². The van der Waals surface area contributed by atoms with Crippen molar-refractivity contribution in [3.05, 3.63) is 30.1 Å². The molecule has 156 valence electrons. The Morgan fingerprint density at radius 1 is 0.931 bits per heavy atom. The number of anilines is 2. The summed E-state index contributed by atoms with van der Waals surface area (Å²) in [6.07, 6.45) is 4.53. The van der Waals surface area contributed by atoms with Gasteiger partial charge in [0.05, 0.1) is 0 Å². The predicted molar refractivity (Wildman–Crippen MR) is 120 cm³/mol. The number of hydrogen-bond acceptors (Lipinski definition) is 6. The largest absolute Gasteiger partial charge is 0.372 e. The van der Waals surface area contributed by atoms with Gasteiger partial charge in [-0.25, -0.2) is 4.98 Å². The molecule has 2 aliphatic rings. The summed E-state index contributed by atoms with van der Waals surface area (Å²) in [5, 5.41) is 3.41. The number of halogens is 3. The van der Waals surface area contributed by atoms with Crippen molar-refractivity contribution in [3.8, 4) is 11.4 Å². The maximum atomic E-state index is 6.10. The second-order valence-corrected chi connectivity index (χ2v) is 10.0. The molecule has 0 radical (unpaired) electrons. The van der Waals surface area contributed by atoms with E-state index in [-0.39, 0.29) is 5.82 Å². The first-order chi connectivity index (χ1) is 13.9. The van der Waals surface area contributed by atoms with Crippen LogP contribution in [0.15, 0.2) is 24.3 Å². The molecular formula is C20H25Cl3N6. The summed E-state index contributed by atoms with van der Waals surface area (Å²) in [5.74, 6) is 1.09. The van der Waals surface area contributed by atoms with E-state index in [1.54, 1.807) is 0 Å². The van der Waals surface area contributed by atoms with Crippen molar-refractivity contribution in [2.75, 3.05) is 43.4 Å². The molecule has 1 N–H and O–H groups in total. The minimum absolute atomic E-state index is 0.131. The molecule has 2 aromatic rings. The SMILES string of the molecule is CN1CCC(Nc2nc(-c3ccc(N4CCCC4)cc3)nc(C(Cl)(Cl)Cl)n2)CC1.